The number of sulfonamides is 1. The number of aliphatic hydroxyl groups is 1. The summed E-state index contributed by atoms with van der Waals surface area (Å²) in [7, 11) is -3.86. The van der Waals surface area contributed by atoms with Crippen molar-refractivity contribution in [2.24, 2.45) is 0 Å². The molecule has 106 valence electrons. The molecule has 0 saturated carbocycles. The number of nitrogens with one attached hydrogen (secondary N) is 1. The van der Waals surface area contributed by atoms with Crippen LogP contribution in [0, 0.1) is 10.1 Å². The van der Waals surface area contributed by atoms with Crippen LogP contribution in [0.1, 0.15) is 20.3 Å². The van der Waals surface area contributed by atoms with Gasteiger partial charge < -0.3 is 5.11 Å². The van der Waals surface area contributed by atoms with Crippen LogP contribution in [0.15, 0.2) is 29.2 Å². The Bertz CT molecular complexity index is 568. The van der Waals surface area contributed by atoms with Crippen LogP contribution >= 0.6 is 0 Å². The first-order valence-corrected chi connectivity index (χ1v) is 7.05. The van der Waals surface area contributed by atoms with Crippen LogP contribution < -0.4 is 4.72 Å². The molecule has 1 aromatic rings. The predicted molar refractivity (Wildman–Crippen MR) is 69.2 cm³/mol. The van der Waals surface area contributed by atoms with Crippen LogP contribution in [0.5, 0.6) is 0 Å². The van der Waals surface area contributed by atoms with Crippen molar-refractivity contribution in [1.29, 1.82) is 0 Å². The number of nitrogens with zero attached hydrogens (tertiary/aromatic N) is 1. The molecular formula is C11H16N2O5S. The van der Waals surface area contributed by atoms with Gasteiger partial charge in [0.25, 0.3) is 5.69 Å². The first-order valence-electron chi connectivity index (χ1n) is 5.57. The summed E-state index contributed by atoms with van der Waals surface area (Å²) in [6.07, 6.45) is 0.237. The summed E-state index contributed by atoms with van der Waals surface area (Å²) in [5.41, 5.74) is -1.12. The number of aliphatic hydroxyl groups excluding tert-OH is 1. The number of nitro groups is 1. The van der Waals surface area contributed by atoms with Gasteiger partial charge >= 0.3 is 0 Å². The van der Waals surface area contributed by atoms with Gasteiger partial charge in [-0.15, -0.1) is 0 Å². The van der Waals surface area contributed by atoms with E-state index < -0.39 is 20.5 Å². The molecule has 7 nitrogen and oxygen atoms in total. The second kappa shape index (κ2) is 5.64. The lowest BCUT2D eigenvalue weighted by Crippen LogP contribution is -2.43. The molecule has 0 spiro atoms. The van der Waals surface area contributed by atoms with Crippen LogP contribution in [0.25, 0.3) is 0 Å². The van der Waals surface area contributed by atoms with Gasteiger partial charge in [0.15, 0.2) is 0 Å². The van der Waals surface area contributed by atoms with Crippen molar-refractivity contribution in [2.45, 2.75) is 30.7 Å². The van der Waals surface area contributed by atoms with Gasteiger partial charge in [0, 0.05) is 24.3 Å². The van der Waals surface area contributed by atoms with Gasteiger partial charge in [-0.3, -0.25) is 10.1 Å². The van der Waals surface area contributed by atoms with Crippen LogP contribution in [0.3, 0.4) is 0 Å². The number of nitro benzene ring substituents is 1. The molecule has 8 heteroatoms. The van der Waals surface area contributed by atoms with Gasteiger partial charge in [-0.05, 0) is 26.3 Å². The molecule has 1 rings (SSSR count). The standard InChI is InChI=1S/C11H16N2O5S/c1-11(2,6-7-14)12-19(17,18)10-5-3-4-9(8-10)13(15)16/h3-5,8,12,14H,6-7H2,1-2H3. The van der Waals surface area contributed by atoms with E-state index in [1.165, 1.54) is 18.2 Å². The highest BCUT2D eigenvalue weighted by molar-refractivity contribution is 7.89. The van der Waals surface area contributed by atoms with Crippen molar-refractivity contribution in [3.63, 3.8) is 0 Å². The number of benzene rings is 1. The molecule has 0 bridgehead atoms. The highest BCUT2D eigenvalue weighted by Gasteiger charge is 2.26. The van der Waals surface area contributed by atoms with Gasteiger partial charge in [-0.25, -0.2) is 13.1 Å². The number of hydrogen-bond acceptors (Lipinski definition) is 5. The van der Waals surface area contributed by atoms with E-state index in [1.54, 1.807) is 13.8 Å². The molecule has 0 fully saturated rings. The predicted octanol–water partition coefficient (Wildman–Crippen LogP) is 1.03. The molecule has 0 amide bonds. The Morgan fingerprint density at radius 3 is 2.58 bits per heavy atom. The lowest BCUT2D eigenvalue weighted by molar-refractivity contribution is -0.385. The summed E-state index contributed by atoms with van der Waals surface area (Å²) in [5.74, 6) is 0. The van der Waals surface area contributed by atoms with E-state index in [-0.39, 0.29) is 23.6 Å². The van der Waals surface area contributed by atoms with Gasteiger partial charge in [0.2, 0.25) is 10.0 Å². The average molecular weight is 288 g/mol. The fourth-order valence-corrected chi connectivity index (χ4v) is 3.00. The Morgan fingerprint density at radius 1 is 1.42 bits per heavy atom. The molecule has 0 saturated heterocycles. The fourth-order valence-electron chi connectivity index (χ4n) is 1.52. The second-order valence-electron chi connectivity index (χ2n) is 4.72. The van der Waals surface area contributed by atoms with E-state index in [0.29, 0.717) is 0 Å². The molecule has 0 heterocycles. The third kappa shape index (κ3) is 4.27. The monoisotopic (exact) mass is 288 g/mol. The summed E-state index contributed by atoms with van der Waals surface area (Å²) in [6.45, 7) is 3.08. The molecule has 0 aliphatic carbocycles. The minimum Gasteiger partial charge on any atom is -0.396 e. The van der Waals surface area contributed by atoms with Crippen LogP contribution in [-0.4, -0.2) is 30.6 Å². The lowest BCUT2D eigenvalue weighted by Gasteiger charge is -2.24. The van der Waals surface area contributed by atoms with Gasteiger partial charge in [0.05, 0.1) is 9.82 Å². The maximum atomic E-state index is 12.1. The Morgan fingerprint density at radius 2 is 2.05 bits per heavy atom. The minimum absolute atomic E-state index is 0.162. The summed E-state index contributed by atoms with van der Waals surface area (Å²) in [4.78, 5) is 9.80. The van der Waals surface area contributed by atoms with E-state index in [1.807, 2.05) is 0 Å². The zero-order valence-corrected chi connectivity index (χ0v) is 11.5. The van der Waals surface area contributed by atoms with Gasteiger partial charge in [-0.2, -0.15) is 0 Å². The molecule has 0 aliphatic rings. The SMILES string of the molecule is CC(C)(CCO)NS(=O)(=O)c1cccc([N+](=O)[O-])c1. The largest absolute Gasteiger partial charge is 0.396 e. The summed E-state index contributed by atoms with van der Waals surface area (Å²) < 4.78 is 26.6. The van der Waals surface area contributed by atoms with E-state index >= 15 is 0 Å². The minimum atomic E-state index is -3.86. The Labute approximate surface area is 111 Å². The quantitative estimate of drug-likeness (QED) is 0.600. The third-order valence-corrected chi connectivity index (χ3v) is 4.18. The van der Waals surface area contributed by atoms with Gasteiger partial charge in [0.1, 0.15) is 0 Å². The average Bonchev–Trinajstić information content (AvgIpc) is 2.27. The van der Waals surface area contributed by atoms with E-state index in [2.05, 4.69) is 4.72 Å². The zero-order chi connectivity index (χ0) is 14.7. The summed E-state index contributed by atoms with van der Waals surface area (Å²) >= 11 is 0. The van der Waals surface area contributed by atoms with Crippen LogP contribution in [0.2, 0.25) is 0 Å². The lowest BCUT2D eigenvalue weighted by atomic mass is 10.0. The molecule has 0 unspecified atom stereocenters. The molecular weight excluding hydrogens is 272 g/mol. The molecule has 0 radical (unpaired) electrons. The zero-order valence-electron chi connectivity index (χ0n) is 10.7. The molecule has 0 aliphatic heterocycles. The Kier molecular flexibility index (Phi) is 4.61. The van der Waals surface area contributed by atoms with Crippen molar-refractivity contribution in [2.75, 3.05) is 6.61 Å². The van der Waals surface area contributed by atoms with Crippen LogP contribution in [0.4, 0.5) is 5.69 Å². The summed E-state index contributed by atoms with van der Waals surface area (Å²) in [6, 6.07) is 4.81. The first kappa shape index (κ1) is 15.5. The van der Waals surface area contributed by atoms with Crippen molar-refractivity contribution in [1.82, 2.24) is 4.72 Å². The Hall–Kier alpha value is -1.51. The Balaban J connectivity index is 3.07. The number of rotatable bonds is 6. The van der Waals surface area contributed by atoms with E-state index in [9.17, 15) is 18.5 Å². The van der Waals surface area contributed by atoms with E-state index in [4.69, 9.17) is 5.11 Å². The van der Waals surface area contributed by atoms with Crippen molar-refractivity contribution >= 4 is 15.7 Å². The molecule has 0 aromatic heterocycles. The highest BCUT2D eigenvalue weighted by Crippen LogP contribution is 2.19. The number of hydrogen-bond donors (Lipinski definition) is 2. The van der Waals surface area contributed by atoms with Crippen molar-refractivity contribution < 1.29 is 18.4 Å². The normalized spacial score (nSPS) is 12.4. The van der Waals surface area contributed by atoms with Crippen molar-refractivity contribution in [3.05, 3.63) is 34.4 Å². The number of non-ortho nitro benzene ring substituents is 1. The third-order valence-electron chi connectivity index (χ3n) is 2.49. The highest BCUT2D eigenvalue weighted by atomic mass is 32.2. The molecule has 19 heavy (non-hydrogen) atoms. The van der Waals surface area contributed by atoms with Gasteiger partial charge in [-0.1, -0.05) is 6.07 Å². The topological polar surface area (TPSA) is 110 Å². The van der Waals surface area contributed by atoms with Crippen LogP contribution in [-0.2, 0) is 10.0 Å². The summed E-state index contributed by atoms with van der Waals surface area (Å²) in [5, 5.41) is 19.5. The molecule has 1 aromatic carbocycles. The second-order valence-corrected chi connectivity index (χ2v) is 6.40. The maximum absolute atomic E-state index is 12.1. The smallest absolute Gasteiger partial charge is 0.270 e. The molecule has 2 N–H and O–H groups in total. The molecule has 0 atom stereocenters. The van der Waals surface area contributed by atoms with E-state index in [0.717, 1.165) is 6.07 Å². The van der Waals surface area contributed by atoms with Crippen molar-refractivity contribution in [3.8, 4) is 0 Å². The first-order chi connectivity index (χ1) is 8.68. The maximum Gasteiger partial charge on any atom is 0.270 e. The fraction of sp³-hybridized carbons (Fsp3) is 0.455.